The number of nitrogens with one attached hydrogen (secondary N) is 1. The molecule has 1 aromatic carbocycles. The lowest BCUT2D eigenvalue weighted by Crippen LogP contribution is -2.14. The molecule has 1 nitrogen and oxygen atoms in total. The molecule has 1 N–H and O–H groups in total. The van der Waals surface area contributed by atoms with E-state index in [0.29, 0.717) is 0 Å². The third kappa shape index (κ3) is 2.19. The monoisotopic (exact) mass is 181 g/mol. The zero-order valence-corrected chi connectivity index (χ0v) is 7.14. The van der Waals surface area contributed by atoms with Crippen LogP contribution < -0.4 is 5.32 Å². The van der Waals surface area contributed by atoms with Gasteiger partial charge in [-0.15, -0.1) is 6.42 Å². The van der Waals surface area contributed by atoms with Gasteiger partial charge in [0, 0.05) is 0 Å². The summed E-state index contributed by atoms with van der Waals surface area (Å²) >= 11 is 0. The van der Waals surface area contributed by atoms with E-state index in [1.807, 2.05) is 0 Å². The average molecular weight is 181 g/mol. The molecule has 0 radical (unpaired) electrons. The summed E-state index contributed by atoms with van der Waals surface area (Å²) in [5.41, 5.74) is -0.173. The standard InChI is InChI=1S/C10H9F2N/c1-3-7(2)13-10-8(11)5-4-6-9(10)12/h1,4-7,13H,2H3. The van der Waals surface area contributed by atoms with Crippen LogP contribution in [0.25, 0.3) is 0 Å². The summed E-state index contributed by atoms with van der Waals surface area (Å²) in [7, 11) is 0. The second-order valence-corrected chi connectivity index (χ2v) is 2.63. The van der Waals surface area contributed by atoms with Crippen molar-refractivity contribution < 1.29 is 8.78 Å². The molecule has 68 valence electrons. The molecule has 1 unspecified atom stereocenters. The summed E-state index contributed by atoms with van der Waals surface area (Å²) in [5, 5.41) is 2.54. The molecular weight excluding hydrogens is 172 g/mol. The minimum Gasteiger partial charge on any atom is -0.367 e. The maximum absolute atomic E-state index is 13.0. The summed E-state index contributed by atoms with van der Waals surface area (Å²) in [6, 6.07) is 3.26. The molecule has 3 heteroatoms. The van der Waals surface area contributed by atoms with Crippen molar-refractivity contribution in [1.29, 1.82) is 0 Å². The third-order valence-electron chi connectivity index (χ3n) is 1.57. The van der Waals surface area contributed by atoms with Gasteiger partial charge in [-0.3, -0.25) is 0 Å². The van der Waals surface area contributed by atoms with Crippen LogP contribution in [-0.4, -0.2) is 6.04 Å². The number of para-hydroxylation sites is 1. The van der Waals surface area contributed by atoms with Gasteiger partial charge in [-0.2, -0.15) is 0 Å². The van der Waals surface area contributed by atoms with E-state index < -0.39 is 17.7 Å². The predicted octanol–water partition coefficient (Wildman–Crippen LogP) is 2.40. The highest BCUT2D eigenvalue weighted by molar-refractivity contribution is 5.47. The van der Waals surface area contributed by atoms with Crippen LogP contribution in [0.15, 0.2) is 18.2 Å². The molecule has 0 heterocycles. The van der Waals surface area contributed by atoms with Crippen LogP contribution in [-0.2, 0) is 0 Å². The second kappa shape index (κ2) is 3.90. The lowest BCUT2D eigenvalue weighted by molar-refractivity contribution is 0.587. The van der Waals surface area contributed by atoms with Crippen LogP contribution in [0, 0.1) is 24.0 Å². The molecule has 1 atom stereocenters. The molecule has 13 heavy (non-hydrogen) atoms. The van der Waals surface area contributed by atoms with Gasteiger partial charge in [0.15, 0.2) is 0 Å². The Bertz CT molecular complexity index is 321. The number of anilines is 1. The molecular formula is C10H9F2N. The molecule has 0 aliphatic rings. The maximum atomic E-state index is 13.0. The summed E-state index contributed by atoms with van der Waals surface area (Å²) in [4.78, 5) is 0. The van der Waals surface area contributed by atoms with Crippen molar-refractivity contribution in [2.24, 2.45) is 0 Å². The minimum atomic E-state index is -0.637. The lowest BCUT2D eigenvalue weighted by atomic mass is 10.2. The van der Waals surface area contributed by atoms with Crippen molar-refractivity contribution in [3.63, 3.8) is 0 Å². The van der Waals surface area contributed by atoms with E-state index in [1.165, 1.54) is 18.2 Å². The molecule has 0 spiro atoms. The summed E-state index contributed by atoms with van der Waals surface area (Å²) in [5.74, 6) is 1.05. The van der Waals surface area contributed by atoms with Gasteiger partial charge in [-0.25, -0.2) is 8.78 Å². The highest BCUT2D eigenvalue weighted by Crippen LogP contribution is 2.18. The molecule has 0 aliphatic carbocycles. The van der Waals surface area contributed by atoms with Gasteiger partial charge in [-0.05, 0) is 19.1 Å². The third-order valence-corrected chi connectivity index (χ3v) is 1.57. The fourth-order valence-corrected chi connectivity index (χ4v) is 0.894. The topological polar surface area (TPSA) is 12.0 Å². The zero-order chi connectivity index (χ0) is 9.84. The molecule has 0 saturated carbocycles. The first kappa shape index (κ1) is 9.53. The number of terminal acetylenes is 1. The first-order chi connectivity index (χ1) is 6.15. The Morgan fingerprint density at radius 3 is 2.38 bits per heavy atom. The normalized spacial score (nSPS) is 11.8. The van der Waals surface area contributed by atoms with Crippen LogP contribution in [0.4, 0.5) is 14.5 Å². The summed E-state index contributed by atoms with van der Waals surface area (Å²) in [6.07, 6.45) is 5.06. The average Bonchev–Trinajstić information content (AvgIpc) is 2.11. The molecule has 0 bridgehead atoms. The number of halogens is 2. The van der Waals surface area contributed by atoms with Crippen molar-refractivity contribution in [3.8, 4) is 12.3 Å². The van der Waals surface area contributed by atoms with Gasteiger partial charge in [0.25, 0.3) is 0 Å². The van der Waals surface area contributed by atoms with E-state index in [9.17, 15) is 8.78 Å². The SMILES string of the molecule is C#CC(C)Nc1c(F)cccc1F. The van der Waals surface area contributed by atoms with E-state index >= 15 is 0 Å². The van der Waals surface area contributed by atoms with Gasteiger partial charge >= 0.3 is 0 Å². The van der Waals surface area contributed by atoms with E-state index in [1.54, 1.807) is 6.92 Å². The van der Waals surface area contributed by atoms with Crippen LogP contribution in [0.3, 0.4) is 0 Å². The molecule has 0 aliphatic heterocycles. The zero-order valence-electron chi connectivity index (χ0n) is 7.14. The number of hydrogen-bond donors (Lipinski definition) is 1. The smallest absolute Gasteiger partial charge is 0.149 e. The number of hydrogen-bond acceptors (Lipinski definition) is 1. The predicted molar refractivity (Wildman–Crippen MR) is 48.3 cm³/mol. The Kier molecular flexibility index (Phi) is 2.86. The largest absolute Gasteiger partial charge is 0.367 e. The fraction of sp³-hybridized carbons (Fsp3) is 0.200. The van der Waals surface area contributed by atoms with Crippen LogP contribution in [0.1, 0.15) is 6.92 Å². The quantitative estimate of drug-likeness (QED) is 0.691. The van der Waals surface area contributed by atoms with Crippen molar-refractivity contribution >= 4 is 5.69 Å². The molecule has 0 amide bonds. The van der Waals surface area contributed by atoms with Crippen LogP contribution in [0.2, 0.25) is 0 Å². The molecule has 0 aromatic heterocycles. The Morgan fingerprint density at radius 2 is 1.92 bits per heavy atom. The van der Waals surface area contributed by atoms with Crippen molar-refractivity contribution in [3.05, 3.63) is 29.8 Å². The Hall–Kier alpha value is -1.56. The molecule has 0 saturated heterocycles. The first-order valence-corrected chi connectivity index (χ1v) is 3.82. The van der Waals surface area contributed by atoms with Gasteiger partial charge in [0.2, 0.25) is 0 Å². The van der Waals surface area contributed by atoms with Crippen LogP contribution in [0.5, 0.6) is 0 Å². The number of benzene rings is 1. The van der Waals surface area contributed by atoms with Crippen LogP contribution >= 0.6 is 0 Å². The van der Waals surface area contributed by atoms with E-state index in [0.717, 1.165) is 0 Å². The van der Waals surface area contributed by atoms with Gasteiger partial charge < -0.3 is 5.32 Å². The molecule has 1 aromatic rings. The van der Waals surface area contributed by atoms with Gasteiger partial charge in [0.1, 0.15) is 17.3 Å². The van der Waals surface area contributed by atoms with E-state index in [2.05, 4.69) is 11.2 Å². The van der Waals surface area contributed by atoms with Crippen molar-refractivity contribution in [2.75, 3.05) is 5.32 Å². The Labute approximate surface area is 75.8 Å². The summed E-state index contributed by atoms with van der Waals surface area (Å²) in [6.45, 7) is 1.64. The molecule has 0 fully saturated rings. The number of rotatable bonds is 2. The highest BCUT2D eigenvalue weighted by atomic mass is 19.1. The minimum absolute atomic E-state index is 0.173. The summed E-state index contributed by atoms with van der Waals surface area (Å²) < 4.78 is 26.0. The molecule has 1 rings (SSSR count). The van der Waals surface area contributed by atoms with E-state index in [-0.39, 0.29) is 5.69 Å². The second-order valence-electron chi connectivity index (χ2n) is 2.63. The fourth-order valence-electron chi connectivity index (χ4n) is 0.894. The highest BCUT2D eigenvalue weighted by Gasteiger charge is 2.08. The Balaban J connectivity index is 2.95. The van der Waals surface area contributed by atoms with Gasteiger partial charge in [0.05, 0.1) is 6.04 Å². The maximum Gasteiger partial charge on any atom is 0.149 e. The first-order valence-electron chi connectivity index (χ1n) is 3.82. The Morgan fingerprint density at radius 1 is 1.38 bits per heavy atom. The van der Waals surface area contributed by atoms with Gasteiger partial charge in [-0.1, -0.05) is 12.0 Å². The van der Waals surface area contributed by atoms with Crippen molar-refractivity contribution in [2.45, 2.75) is 13.0 Å². The van der Waals surface area contributed by atoms with E-state index in [4.69, 9.17) is 6.42 Å². The van der Waals surface area contributed by atoms with Crippen molar-refractivity contribution in [1.82, 2.24) is 0 Å². The lowest BCUT2D eigenvalue weighted by Gasteiger charge is -2.10.